The Bertz CT molecular complexity index is 2060. The molecule has 8 rings (SSSR count). The highest BCUT2D eigenvalue weighted by Gasteiger charge is 2.39. The fourth-order valence-corrected chi connectivity index (χ4v) is 9.11. The van der Waals surface area contributed by atoms with Gasteiger partial charge >= 0.3 is 0 Å². The first-order valence-electron chi connectivity index (χ1n) is 19.8. The second-order valence-corrected chi connectivity index (χ2v) is 15.6. The van der Waals surface area contributed by atoms with E-state index < -0.39 is 24.3 Å². The number of halogens is 2. The van der Waals surface area contributed by atoms with Crippen LogP contribution in [0.1, 0.15) is 66.0 Å². The number of H-pyrrole nitrogens is 1. The number of rotatable bonds is 10. The summed E-state index contributed by atoms with van der Waals surface area (Å²) in [6, 6.07) is 16.9. The standard InChI is InChI=1S/C42H50F2N8O4/c1-26-21-32-30-5-3-4-6-33(30)46-39(32)40(52(26)25-37(43)44)31-9-7-28(22-36(31)56-2)50-15-13-27(14-16-50)24-49-17-19-51(20-18-49)29-8-10-34(45-23-29)41(54)47-35-11-12-38(53)48-42(35)55/h3-10,22-23,26-27,35,37,40,46H,11-21,24-25H2,1-2H3,(H,47,54)(H,48,53,55)/t26-,35+,40-/m1/s1. The summed E-state index contributed by atoms with van der Waals surface area (Å²) >= 11 is 0. The van der Waals surface area contributed by atoms with Crippen molar-refractivity contribution in [1.82, 2.24) is 30.4 Å². The average molecular weight is 769 g/mol. The summed E-state index contributed by atoms with van der Waals surface area (Å²) < 4.78 is 34.0. The van der Waals surface area contributed by atoms with Crippen LogP contribution in [-0.4, -0.2) is 115 Å². The van der Waals surface area contributed by atoms with Gasteiger partial charge in [-0.25, -0.2) is 13.8 Å². The first kappa shape index (κ1) is 37.8. The van der Waals surface area contributed by atoms with Crippen molar-refractivity contribution in [3.63, 3.8) is 0 Å². The summed E-state index contributed by atoms with van der Waals surface area (Å²) in [4.78, 5) is 53.2. The summed E-state index contributed by atoms with van der Waals surface area (Å²) in [5.74, 6) is 0.0603. The van der Waals surface area contributed by atoms with Gasteiger partial charge in [-0.05, 0) is 68.4 Å². The van der Waals surface area contributed by atoms with E-state index >= 15 is 0 Å². The zero-order chi connectivity index (χ0) is 38.9. The Hall–Kier alpha value is -5.08. The van der Waals surface area contributed by atoms with E-state index in [2.05, 4.69) is 65.6 Å². The number of anilines is 2. The van der Waals surface area contributed by atoms with Crippen LogP contribution in [0.2, 0.25) is 0 Å². The van der Waals surface area contributed by atoms with Crippen LogP contribution in [0.25, 0.3) is 10.9 Å². The number of methoxy groups -OCH3 is 1. The number of carbonyl (C=O) groups excluding carboxylic acids is 3. The van der Waals surface area contributed by atoms with Gasteiger partial charge in [-0.2, -0.15) is 0 Å². The predicted molar refractivity (Wildman–Crippen MR) is 210 cm³/mol. The van der Waals surface area contributed by atoms with E-state index in [1.54, 1.807) is 19.4 Å². The molecule has 0 saturated carbocycles. The SMILES string of the molecule is COc1cc(N2CCC(CN3CCN(c4ccc(C(=O)N[C@H]5CCC(=O)NC5=O)nc4)CC3)CC2)ccc1[C@@H]1c2[nH]c3ccccc3c2C[C@@H](C)N1CC(F)F. The smallest absolute Gasteiger partial charge is 0.270 e. The van der Waals surface area contributed by atoms with Crippen LogP contribution in [0.3, 0.4) is 0 Å². The van der Waals surface area contributed by atoms with E-state index in [0.717, 1.165) is 92.2 Å². The van der Waals surface area contributed by atoms with E-state index in [0.29, 0.717) is 18.1 Å². The van der Waals surface area contributed by atoms with Crippen molar-refractivity contribution in [2.45, 2.75) is 63.6 Å². The van der Waals surface area contributed by atoms with Crippen molar-refractivity contribution in [3.05, 3.63) is 83.3 Å². The lowest BCUT2D eigenvalue weighted by Gasteiger charge is -2.41. The highest BCUT2D eigenvalue weighted by Crippen LogP contribution is 2.44. The molecule has 0 spiro atoms. The van der Waals surface area contributed by atoms with Crippen molar-refractivity contribution >= 4 is 40.0 Å². The first-order chi connectivity index (χ1) is 27.1. The lowest BCUT2D eigenvalue weighted by atomic mass is 9.88. The van der Waals surface area contributed by atoms with Gasteiger partial charge < -0.3 is 24.8 Å². The number of aromatic nitrogens is 2. The zero-order valence-corrected chi connectivity index (χ0v) is 32.0. The van der Waals surface area contributed by atoms with Crippen molar-refractivity contribution < 1.29 is 27.9 Å². The molecule has 4 aliphatic heterocycles. The highest BCUT2D eigenvalue weighted by molar-refractivity contribution is 6.03. The number of pyridine rings is 1. The van der Waals surface area contributed by atoms with Gasteiger partial charge in [0.1, 0.15) is 17.5 Å². The molecule has 2 aromatic carbocycles. The monoisotopic (exact) mass is 768 g/mol. The van der Waals surface area contributed by atoms with Crippen LogP contribution in [0.4, 0.5) is 20.2 Å². The topological polar surface area (TPSA) is 126 Å². The number of nitrogens with zero attached hydrogens (tertiary/aromatic N) is 5. The van der Waals surface area contributed by atoms with Crippen molar-refractivity contribution in [2.24, 2.45) is 5.92 Å². The summed E-state index contributed by atoms with van der Waals surface area (Å²) in [6.07, 6.45) is 2.60. The maximum Gasteiger partial charge on any atom is 0.270 e. The van der Waals surface area contributed by atoms with E-state index in [9.17, 15) is 23.2 Å². The number of carbonyl (C=O) groups is 3. The lowest BCUT2D eigenvalue weighted by molar-refractivity contribution is -0.134. The third-order valence-electron chi connectivity index (χ3n) is 12.1. The fraction of sp³-hybridized carbons (Fsp3) is 0.476. The third-order valence-corrected chi connectivity index (χ3v) is 12.1. The molecule has 3 amide bonds. The third kappa shape index (κ3) is 7.81. The summed E-state index contributed by atoms with van der Waals surface area (Å²) in [5, 5.41) is 6.08. The van der Waals surface area contributed by atoms with E-state index in [-0.39, 0.29) is 43.1 Å². The van der Waals surface area contributed by atoms with Crippen LogP contribution in [0.15, 0.2) is 60.8 Å². The number of hydrogen-bond donors (Lipinski definition) is 3. The number of piperidine rings is 2. The number of nitrogens with one attached hydrogen (secondary N) is 3. The van der Waals surface area contributed by atoms with Gasteiger partial charge in [0.15, 0.2) is 0 Å². The molecule has 3 fully saturated rings. The molecule has 56 heavy (non-hydrogen) atoms. The number of amides is 3. The summed E-state index contributed by atoms with van der Waals surface area (Å²) in [5.41, 5.74) is 6.37. The van der Waals surface area contributed by atoms with E-state index in [1.165, 1.54) is 5.56 Å². The summed E-state index contributed by atoms with van der Waals surface area (Å²) in [6.45, 7) is 8.27. The Morgan fingerprint density at radius 2 is 1.71 bits per heavy atom. The molecule has 3 atom stereocenters. The molecular weight excluding hydrogens is 719 g/mol. The normalized spacial score (nSPS) is 22.7. The molecule has 4 aromatic rings. The Morgan fingerprint density at radius 1 is 0.964 bits per heavy atom. The second-order valence-electron chi connectivity index (χ2n) is 15.6. The molecule has 4 aliphatic rings. The average Bonchev–Trinajstić information content (AvgIpc) is 3.57. The lowest BCUT2D eigenvalue weighted by Crippen LogP contribution is -2.52. The maximum absolute atomic E-state index is 14.0. The van der Waals surface area contributed by atoms with Crippen LogP contribution in [-0.2, 0) is 16.0 Å². The highest BCUT2D eigenvalue weighted by atomic mass is 19.3. The number of benzene rings is 2. The molecule has 0 unspecified atom stereocenters. The predicted octanol–water partition coefficient (Wildman–Crippen LogP) is 4.75. The van der Waals surface area contributed by atoms with Gasteiger partial charge in [-0.15, -0.1) is 0 Å². The number of ether oxygens (including phenoxy) is 1. The number of alkyl halides is 2. The minimum absolute atomic E-state index is 0.0645. The Kier molecular flexibility index (Phi) is 10.9. The second kappa shape index (κ2) is 16.2. The quantitative estimate of drug-likeness (QED) is 0.196. The van der Waals surface area contributed by atoms with E-state index in [1.807, 2.05) is 30.0 Å². The van der Waals surface area contributed by atoms with Crippen LogP contribution in [0.5, 0.6) is 5.75 Å². The van der Waals surface area contributed by atoms with Crippen molar-refractivity contribution in [3.8, 4) is 5.75 Å². The van der Waals surface area contributed by atoms with Crippen molar-refractivity contribution in [1.29, 1.82) is 0 Å². The Balaban J connectivity index is 0.855. The van der Waals surface area contributed by atoms with Crippen LogP contribution >= 0.6 is 0 Å². The molecule has 3 N–H and O–H groups in total. The number of piperazine rings is 1. The number of hydrogen-bond acceptors (Lipinski definition) is 9. The number of fused-ring (bicyclic) bond motifs is 3. The maximum atomic E-state index is 14.0. The zero-order valence-electron chi connectivity index (χ0n) is 32.0. The van der Waals surface area contributed by atoms with Crippen LogP contribution in [0, 0.1) is 5.92 Å². The molecule has 0 radical (unpaired) electrons. The van der Waals surface area contributed by atoms with Gasteiger partial charge in [0, 0.05) is 92.2 Å². The molecule has 6 heterocycles. The van der Waals surface area contributed by atoms with Crippen molar-refractivity contribution in [2.75, 3.05) is 69.3 Å². The minimum atomic E-state index is -2.45. The van der Waals surface area contributed by atoms with Gasteiger partial charge in [0.05, 0.1) is 31.6 Å². The Morgan fingerprint density at radius 3 is 2.43 bits per heavy atom. The molecule has 14 heteroatoms. The first-order valence-corrected chi connectivity index (χ1v) is 19.8. The molecule has 12 nitrogen and oxygen atoms in total. The molecule has 3 saturated heterocycles. The van der Waals surface area contributed by atoms with Gasteiger partial charge in [-0.3, -0.25) is 29.5 Å². The van der Waals surface area contributed by atoms with Crippen LogP contribution < -0.4 is 25.2 Å². The fourth-order valence-electron chi connectivity index (χ4n) is 9.11. The largest absolute Gasteiger partial charge is 0.496 e. The molecule has 0 aliphatic carbocycles. The number of imide groups is 1. The van der Waals surface area contributed by atoms with Gasteiger partial charge in [0.25, 0.3) is 12.3 Å². The molecule has 2 aromatic heterocycles. The number of para-hydroxylation sites is 1. The molecular formula is C42H50F2N8O4. The summed E-state index contributed by atoms with van der Waals surface area (Å²) in [7, 11) is 1.67. The van der Waals surface area contributed by atoms with Gasteiger partial charge in [0.2, 0.25) is 11.8 Å². The molecule has 296 valence electrons. The molecule has 0 bridgehead atoms. The van der Waals surface area contributed by atoms with E-state index in [4.69, 9.17) is 4.74 Å². The van der Waals surface area contributed by atoms with Gasteiger partial charge in [-0.1, -0.05) is 24.3 Å². The number of aromatic amines is 1. The Labute approximate surface area is 325 Å². The minimum Gasteiger partial charge on any atom is -0.496 e.